The van der Waals surface area contributed by atoms with E-state index < -0.39 is 20.9 Å². The summed E-state index contributed by atoms with van der Waals surface area (Å²) < 4.78 is 40.0. The van der Waals surface area contributed by atoms with Gasteiger partial charge in [-0.3, -0.25) is 0 Å². The lowest BCUT2D eigenvalue weighted by Crippen LogP contribution is -2.40. The molecule has 160 valence electrons. The summed E-state index contributed by atoms with van der Waals surface area (Å²) in [6.07, 6.45) is 1.07. The smallest absolute Gasteiger partial charge is 0.200 e. The highest BCUT2D eigenvalue weighted by Crippen LogP contribution is 2.36. The Hall–Kier alpha value is -3.05. The average Bonchev–Trinajstić information content (AvgIpc) is 2.73. The summed E-state index contributed by atoms with van der Waals surface area (Å²) in [7, 11) is -4.13. The highest BCUT2D eigenvalue weighted by Gasteiger charge is 2.36. The van der Waals surface area contributed by atoms with Crippen LogP contribution < -0.4 is 4.90 Å². The van der Waals surface area contributed by atoms with E-state index in [1.54, 1.807) is 12.1 Å². The molecule has 1 aliphatic heterocycles. The highest BCUT2D eigenvalue weighted by molar-refractivity contribution is 7.92. The first-order valence-corrected chi connectivity index (χ1v) is 11.7. The molecule has 0 unspecified atom stereocenters. The standard InChI is InChI=1S/C23H23FN4O2S/c1-15-11-16(2)14-28(13-15)23-22(26-19-5-3-4-6-20(19)27-23)21(12-25)31(29,30)18-9-7-17(24)8-10-18/h3-10,15-16,21H,11,13-14H2,1-2H3/t15-,16-,21+/m1/s1. The number of nitrogens with zero attached hydrogens (tertiary/aromatic N) is 4. The number of sulfone groups is 1. The van der Waals surface area contributed by atoms with Gasteiger partial charge in [0.2, 0.25) is 9.84 Å². The SMILES string of the molecule is C[C@@H]1C[C@@H](C)CN(c2nc3ccccc3nc2[C@H](C#N)S(=O)(=O)c2ccc(F)cc2)C1. The zero-order valence-corrected chi connectivity index (χ0v) is 18.2. The second-order valence-electron chi connectivity index (χ2n) is 8.28. The van der Waals surface area contributed by atoms with Gasteiger partial charge < -0.3 is 4.90 Å². The maximum Gasteiger partial charge on any atom is 0.200 e. The maximum atomic E-state index is 13.3. The number of rotatable bonds is 4. The summed E-state index contributed by atoms with van der Waals surface area (Å²) in [6.45, 7) is 5.71. The fourth-order valence-electron chi connectivity index (χ4n) is 4.29. The van der Waals surface area contributed by atoms with Gasteiger partial charge >= 0.3 is 0 Å². The van der Waals surface area contributed by atoms with Crippen LogP contribution >= 0.6 is 0 Å². The third-order valence-electron chi connectivity index (χ3n) is 5.56. The van der Waals surface area contributed by atoms with Crippen LogP contribution in [-0.4, -0.2) is 31.5 Å². The second-order valence-corrected chi connectivity index (χ2v) is 10.3. The first kappa shape index (κ1) is 21.2. The number of para-hydroxylation sites is 2. The molecule has 1 fully saturated rings. The minimum atomic E-state index is -4.13. The third-order valence-corrected chi connectivity index (χ3v) is 7.44. The molecule has 0 radical (unpaired) electrons. The Morgan fingerprint density at radius 3 is 2.19 bits per heavy atom. The zero-order chi connectivity index (χ0) is 22.2. The zero-order valence-electron chi connectivity index (χ0n) is 17.4. The van der Waals surface area contributed by atoms with E-state index in [1.165, 1.54) is 12.1 Å². The van der Waals surface area contributed by atoms with E-state index in [4.69, 9.17) is 4.98 Å². The fraction of sp³-hybridized carbons (Fsp3) is 0.348. The minimum Gasteiger partial charge on any atom is -0.354 e. The van der Waals surface area contributed by atoms with E-state index in [1.807, 2.05) is 23.1 Å². The molecule has 0 N–H and O–H groups in total. The third kappa shape index (κ3) is 4.10. The summed E-state index contributed by atoms with van der Waals surface area (Å²) in [5.41, 5.74) is 1.28. The van der Waals surface area contributed by atoms with E-state index >= 15 is 0 Å². The molecule has 0 spiro atoms. The van der Waals surface area contributed by atoms with Crippen molar-refractivity contribution >= 4 is 26.7 Å². The number of nitriles is 1. The number of hydrogen-bond donors (Lipinski definition) is 0. The summed E-state index contributed by atoms with van der Waals surface area (Å²) in [6, 6.07) is 13.6. The van der Waals surface area contributed by atoms with E-state index in [9.17, 15) is 18.1 Å². The van der Waals surface area contributed by atoms with Gasteiger partial charge in [-0.15, -0.1) is 0 Å². The molecule has 1 saturated heterocycles. The molecule has 1 aromatic heterocycles. The molecule has 8 heteroatoms. The number of aromatic nitrogens is 2. The molecule has 3 atom stereocenters. The second kappa shape index (κ2) is 8.23. The van der Waals surface area contributed by atoms with Crippen molar-refractivity contribution in [3.05, 3.63) is 60.0 Å². The van der Waals surface area contributed by atoms with Crippen molar-refractivity contribution in [3.63, 3.8) is 0 Å². The Morgan fingerprint density at radius 1 is 1.03 bits per heavy atom. The predicted octanol–water partition coefficient (Wildman–Crippen LogP) is 4.29. The largest absolute Gasteiger partial charge is 0.354 e. The van der Waals surface area contributed by atoms with Crippen LogP contribution in [0.3, 0.4) is 0 Å². The molecule has 4 rings (SSSR count). The van der Waals surface area contributed by atoms with Crippen LogP contribution in [-0.2, 0) is 9.84 Å². The van der Waals surface area contributed by atoms with Crippen LogP contribution in [0.5, 0.6) is 0 Å². The Balaban J connectivity index is 1.90. The molecule has 3 aromatic rings. The Bertz CT molecular complexity index is 1240. The van der Waals surface area contributed by atoms with Crippen molar-refractivity contribution in [2.45, 2.75) is 30.4 Å². The Labute approximate surface area is 181 Å². The number of anilines is 1. The van der Waals surface area contributed by atoms with Crippen LogP contribution in [0.15, 0.2) is 53.4 Å². The summed E-state index contributed by atoms with van der Waals surface area (Å²) >= 11 is 0. The lowest BCUT2D eigenvalue weighted by atomic mass is 9.92. The van der Waals surface area contributed by atoms with Crippen LogP contribution in [0.1, 0.15) is 31.2 Å². The van der Waals surface area contributed by atoms with Crippen molar-refractivity contribution in [1.29, 1.82) is 5.26 Å². The van der Waals surface area contributed by atoms with Crippen molar-refractivity contribution in [1.82, 2.24) is 9.97 Å². The van der Waals surface area contributed by atoms with Crippen LogP contribution in [0.2, 0.25) is 0 Å². The average molecular weight is 439 g/mol. The molecule has 0 bridgehead atoms. The summed E-state index contributed by atoms with van der Waals surface area (Å²) in [4.78, 5) is 11.3. The van der Waals surface area contributed by atoms with E-state index in [2.05, 4.69) is 18.8 Å². The van der Waals surface area contributed by atoms with E-state index in [0.717, 1.165) is 18.6 Å². The van der Waals surface area contributed by atoms with Gasteiger partial charge in [0.1, 0.15) is 11.5 Å². The van der Waals surface area contributed by atoms with Gasteiger partial charge in [0.05, 0.1) is 22.0 Å². The lowest BCUT2D eigenvalue weighted by Gasteiger charge is -2.36. The first-order valence-electron chi connectivity index (χ1n) is 10.2. The van der Waals surface area contributed by atoms with Crippen molar-refractivity contribution < 1.29 is 12.8 Å². The quantitative estimate of drug-likeness (QED) is 0.565. The van der Waals surface area contributed by atoms with Crippen LogP contribution in [0.4, 0.5) is 10.2 Å². The van der Waals surface area contributed by atoms with Gasteiger partial charge in [0.25, 0.3) is 0 Å². The van der Waals surface area contributed by atoms with E-state index in [0.29, 0.717) is 41.8 Å². The fourth-order valence-corrected chi connectivity index (χ4v) is 5.67. The van der Waals surface area contributed by atoms with Gasteiger partial charge in [-0.25, -0.2) is 22.8 Å². The van der Waals surface area contributed by atoms with Crippen molar-refractivity contribution in [2.75, 3.05) is 18.0 Å². The van der Waals surface area contributed by atoms with Gasteiger partial charge in [0.15, 0.2) is 11.1 Å². The molecule has 2 heterocycles. The molecule has 6 nitrogen and oxygen atoms in total. The predicted molar refractivity (Wildman–Crippen MR) is 117 cm³/mol. The summed E-state index contributed by atoms with van der Waals surface area (Å²) in [5.74, 6) is 0.683. The lowest BCUT2D eigenvalue weighted by molar-refractivity contribution is 0.355. The monoisotopic (exact) mass is 438 g/mol. The minimum absolute atomic E-state index is 0.117. The van der Waals surface area contributed by atoms with Gasteiger partial charge in [0, 0.05) is 13.1 Å². The Kier molecular flexibility index (Phi) is 5.63. The van der Waals surface area contributed by atoms with E-state index in [-0.39, 0.29) is 10.6 Å². The normalized spacial score (nSPS) is 20.4. The molecule has 31 heavy (non-hydrogen) atoms. The molecule has 0 amide bonds. The molecule has 2 aromatic carbocycles. The number of hydrogen-bond acceptors (Lipinski definition) is 6. The number of benzene rings is 2. The molecule has 0 aliphatic carbocycles. The molecular weight excluding hydrogens is 415 g/mol. The number of piperidine rings is 1. The number of halogens is 1. The highest BCUT2D eigenvalue weighted by atomic mass is 32.2. The van der Waals surface area contributed by atoms with Gasteiger partial charge in [-0.2, -0.15) is 5.26 Å². The van der Waals surface area contributed by atoms with Crippen molar-refractivity contribution in [2.24, 2.45) is 11.8 Å². The topological polar surface area (TPSA) is 86.9 Å². The van der Waals surface area contributed by atoms with Gasteiger partial charge in [-0.1, -0.05) is 26.0 Å². The van der Waals surface area contributed by atoms with Crippen LogP contribution in [0, 0.1) is 29.0 Å². The van der Waals surface area contributed by atoms with Crippen molar-refractivity contribution in [3.8, 4) is 6.07 Å². The number of fused-ring (bicyclic) bond motifs is 1. The van der Waals surface area contributed by atoms with Crippen LogP contribution in [0.25, 0.3) is 11.0 Å². The van der Waals surface area contributed by atoms with Gasteiger partial charge in [-0.05, 0) is 54.7 Å². The first-order chi connectivity index (χ1) is 14.8. The summed E-state index contributed by atoms with van der Waals surface area (Å²) in [5, 5.41) is 8.38. The maximum absolute atomic E-state index is 13.3. The molecule has 1 aliphatic rings. The molecule has 0 saturated carbocycles. The Morgan fingerprint density at radius 2 is 1.61 bits per heavy atom. The molecular formula is C23H23FN4O2S.